The Kier molecular flexibility index (Phi) is 1.27. The molecular weight excluding hydrogens is 96.0 g/mol. The van der Waals surface area contributed by atoms with E-state index in [1.165, 1.54) is 0 Å². The maximum atomic E-state index is 10.1. The lowest BCUT2D eigenvalue weighted by Gasteiger charge is -2.11. The van der Waals surface area contributed by atoms with E-state index in [1.54, 1.807) is 4.52 Å². The van der Waals surface area contributed by atoms with Crippen LogP contribution in [0.15, 0.2) is 0 Å². The van der Waals surface area contributed by atoms with Crippen molar-refractivity contribution < 1.29 is 14.9 Å². The number of aliphatic hydroxyl groups is 1. The van der Waals surface area contributed by atoms with Gasteiger partial charge >= 0.3 is 0 Å². The highest BCUT2D eigenvalue weighted by Gasteiger charge is 2.19. The summed E-state index contributed by atoms with van der Waals surface area (Å²) in [7, 11) is 0. The number of hydrogen-bond acceptors (Lipinski definition) is 2. The van der Waals surface area contributed by atoms with Gasteiger partial charge in [0.1, 0.15) is 6.10 Å². The molecule has 0 radical (unpaired) electrons. The molecule has 1 aliphatic rings. The zero-order chi connectivity index (χ0) is 5.28. The summed E-state index contributed by atoms with van der Waals surface area (Å²) in [5.41, 5.74) is 0. The Hall–Kier alpha value is -0.120. The molecule has 1 atom stereocenters. The highest BCUT2D eigenvalue weighted by atomic mass is 17.2. The van der Waals surface area contributed by atoms with E-state index in [0.717, 1.165) is 0 Å². The van der Waals surface area contributed by atoms with Gasteiger partial charge in [-0.3, -0.25) is 0 Å². The lowest BCUT2D eigenvalue weighted by molar-refractivity contribution is -0.788. The van der Waals surface area contributed by atoms with Crippen LogP contribution in [-0.4, -0.2) is 24.4 Å². The minimum atomic E-state index is -0.400. The van der Waals surface area contributed by atoms with Crippen molar-refractivity contribution in [2.75, 3.05) is 13.2 Å². The molecule has 1 N–H and O–H groups in total. The molecule has 0 aromatic rings. The summed E-state index contributed by atoms with van der Waals surface area (Å²) < 4.78 is 1.56. The Morgan fingerprint density at radius 2 is 2.43 bits per heavy atom. The summed E-state index contributed by atoms with van der Waals surface area (Å²) in [6.45, 7) is 0.640. The molecule has 3 nitrogen and oxygen atoms in total. The number of aliphatic hydroxyl groups excluding tert-OH is 1. The summed E-state index contributed by atoms with van der Waals surface area (Å²) in [4.78, 5) is 0. The van der Waals surface area contributed by atoms with Crippen molar-refractivity contribution in [2.24, 2.45) is 0 Å². The first-order valence-electron chi connectivity index (χ1n) is 2.32. The Balaban J connectivity index is 2.26. The molecule has 7 heavy (non-hydrogen) atoms. The van der Waals surface area contributed by atoms with Gasteiger partial charge < -0.3 is 14.9 Å². The Morgan fingerprint density at radius 1 is 1.71 bits per heavy atom. The fraction of sp³-hybridized carbons (Fsp3) is 1.00. The summed E-state index contributed by atoms with van der Waals surface area (Å²) in [5.74, 6) is 0. The molecule has 1 rings (SSSR count). The second-order valence-electron chi connectivity index (χ2n) is 1.75. The van der Waals surface area contributed by atoms with E-state index < -0.39 is 6.10 Å². The molecule has 1 unspecified atom stereocenters. The molecular formula is C4H8O3. The van der Waals surface area contributed by atoms with E-state index in [1.807, 2.05) is 0 Å². The van der Waals surface area contributed by atoms with Crippen LogP contribution in [0, 0.1) is 0 Å². The largest absolute Gasteiger partial charge is 0.534 e. The van der Waals surface area contributed by atoms with Crippen molar-refractivity contribution in [3.05, 3.63) is 0 Å². The monoisotopic (exact) mass is 104 g/mol. The van der Waals surface area contributed by atoms with Gasteiger partial charge in [0.05, 0.1) is 6.42 Å². The first-order valence-corrected chi connectivity index (χ1v) is 2.32. The summed E-state index contributed by atoms with van der Waals surface area (Å²) in [6, 6.07) is 0. The average molecular weight is 104 g/mol. The minimum Gasteiger partial charge on any atom is -0.534 e. The lowest BCUT2D eigenvalue weighted by Crippen LogP contribution is -2.24. The molecule has 0 spiro atoms. The highest BCUT2D eigenvalue weighted by Crippen LogP contribution is 2.06. The number of hydrogen-bond donors (Lipinski definition) is 1. The molecule has 0 aromatic heterocycles. The standard InChI is InChI=1S/C4H8O3/c5-4-1-2-7(6)3-4/h4-5H,1-3H2. The molecule has 1 saturated heterocycles. The van der Waals surface area contributed by atoms with E-state index in [0.29, 0.717) is 13.0 Å². The fourth-order valence-electron chi connectivity index (χ4n) is 0.649. The van der Waals surface area contributed by atoms with Gasteiger partial charge in [0, 0.05) is 0 Å². The van der Waals surface area contributed by atoms with Gasteiger partial charge in [0.25, 0.3) is 0 Å². The molecule has 1 fully saturated rings. The van der Waals surface area contributed by atoms with Crippen molar-refractivity contribution in [2.45, 2.75) is 12.5 Å². The van der Waals surface area contributed by atoms with Crippen LogP contribution < -0.4 is 5.26 Å². The van der Waals surface area contributed by atoms with E-state index in [-0.39, 0.29) is 6.61 Å². The molecule has 0 aromatic carbocycles. The van der Waals surface area contributed by atoms with Crippen LogP contribution in [0.1, 0.15) is 6.42 Å². The van der Waals surface area contributed by atoms with E-state index >= 15 is 0 Å². The van der Waals surface area contributed by atoms with Crippen LogP contribution in [0.25, 0.3) is 0 Å². The Bertz CT molecular complexity index is 56.0. The van der Waals surface area contributed by atoms with E-state index in [2.05, 4.69) is 0 Å². The molecule has 3 heteroatoms. The topological polar surface area (TPSA) is 46.0 Å². The summed E-state index contributed by atoms with van der Waals surface area (Å²) in [5, 5.41) is 18.8. The predicted molar refractivity (Wildman–Crippen MR) is 21.4 cm³/mol. The zero-order valence-corrected chi connectivity index (χ0v) is 3.96. The molecule has 0 bridgehead atoms. The molecule has 1 aliphatic heterocycles. The maximum absolute atomic E-state index is 10.1. The molecule has 0 saturated carbocycles. The van der Waals surface area contributed by atoms with Gasteiger partial charge in [-0.25, -0.2) is 0 Å². The average Bonchev–Trinajstić information content (AvgIpc) is 1.87. The Labute approximate surface area is 41.8 Å². The third-order valence-corrected chi connectivity index (χ3v) is 1.06. The van der Waals surface area contributed by atoms with Crippen LogP contribution in [-0.2, 0) is 4.52 Å². The van der Waals surface area contributed by atoms with Gasteiger partial charge in [-0.2, -0.15) is 0 Å². The van der Waals surface area contributed by atoms with Gasteiger partial charge in [-0.05, 0) is 0 Å². The third-order valence-electron chi connectivity index (χ3n) is 1.06. The Morgan fingerprint density at radius 3 is 2.57 bits per heavy atom. The van der Waals surface area contributed by atoms with Crippen LogP contribution >= 0.6 is 0 Å². The zero-order valence-electron chi connectivity index (χ0n) is 3.96. The second kappa shape index (κ2) is 1.78. The molecule has 42 valence electrons. The summed E-state index contributed by atoms with van der Waals surface area (Å²) in [6.07, 6.45) is 0.205. The van der Waals surface area contributed by atoms with E-state index in [4.69, 9.17) is 5.11 Å². The van der Waals surface area contributed by atoms with E-state index in [9.17, 15) is 5.26 Å². The van der Waals surface area contributed by atoms with Crippen molar-refractivity contribution >= 4 is 0 Å². The quantitative estimate of drug-likeness (QED) is 0.303. The van der Waals surface area contributed by atoms with Gasteiger partial charge in [-0.1, -0.05) is 0 Å². The first kappa shape index (κ1) is 5.03. The highest BCUT2D eigenvalue weighted by molar-refractivity contribution is 4.59. The fourth-order valence-corrected chi connectivity index (χ4v) is 0.649. The lowest BCUT2D eigenvalue weighted by atomic mass is 10.3. The maximum Gasteiger partial charge on any atom is 0.178 e. The van der Waals surface area contributed by atoms with Crippen molar-refractivity contribution in [3.63, 3.8) is 0 Å². The van der Waals surface area contributed by atoms with Crippen molar-refractivity contribution in [3.8, 4) is 0 Å². The molecule has 1 heterocycles. The predicted octanol–water partition coefficient (Wildman–Crippen LogP) is -1.42. The van der Waals surface area contributed by atoms with Gasteiger partial charge in [-0.15, -0.1) is 0 Å². The third kappa shape index (κ3) is 1.12. The second-order valence-corrected chi connectivity index (χ2v) is 1.75. The van der Waals surface area contributed by atoms with Crippen molar-refractivity contribution in [1.29, 1.82) is 0 Å². The van der Waals surface area contributed by atoms with Gasteiger partial charge in [0.2, 0.25) is 0 Å². The van der Waals surface area contributed by atoms with Gasteiger partial charge in [0.15, 0.2) is 13.2 Å². The number of rotatable bonds is 0. The van der Waals surface area contributed by atoms with Crippen LogP contribution in [0.3, 0.4) is 0 Å². The van der Waals surface area contributed by atoms with Crippen LogP contribution in [0.4, 0.5) is 0 Å². The SMILES string of the molecule is [O-][O+]1CCC(O)C1. The molecule has 0 amide bonds. The summed E-state index contributed by atoms with van der Waals surface area (Å²) >= 11 is 0. The van der Waals surface area contributed by atoms with Crippen molar-refractivity contribution in [1.82, 2.24) is 0 Å². The first-order chi connectivity index (χ1) is 3.29. The normalized spacial score (nSPS) is 34.3. The van der Waals surface area contributed by atoms with Crippen LogP contribution in [0.2, 0.25) is 0 Å². The smallest absolute Gasteiger partial charge is 0.178 e. The van der Waals surface area contributed by atoms with Crippen LogP contribution in [0.5, 0.6) is 0 Å². The minimum absolute atomic E-state index is 0.222. The molecule has 0 aliphatic carbocycles.